The van der Waals surface area contributed by atoms with E-state index in [1.807, 2.05) is 26.0 Å². The molecule has 0 fully saturated rings. The second-order valence-corrected chi connectivity index (χ2v) is 7.67. The number of amides is 1. The standard InChI is InChI=1S/C21H25BrN4O/c1-4-6-18-25-20-14(3)17(24-19(27)7-5-2)12-23-21(20)26(18)13-15-8-10-16(22)11-9-15/h8-12H,4-7,13H2,1-3H3,(H,24,27). The van der Waals surface area contributed by atoms with Crippen LogP contribution >= 0.6 is 15.9 Å². The molecule has 1 aromatic carbocycles. The lowest BCUT2D eigenvalue weighted by molar-refractivity contribution is -0.116. The Morgan fingerprint density at radius 2 is 1.93 bits per heavy atom. The van der Waals surface area contributed by atoms with Gasteiger partial charge in [0.25, 0.3) is 0 Å². The van der Waals surface area contributed by atoms with Gasteiger partial charge in [-0.3, -0.25) is 4.79 Å². The normalized spacial score (nSPS) is 11.1. The molecule has 0 radical (unpaired) electrons. The number of pyridine rings is 1. The van der Waals surface area contributed by atoms with E-state index < -0.39 is 0 Å². The SMILES string of the molecule is CCCC(=O)Nc1cnc2c(nc(CCC)n2Cc2ccc(Br)cc2)c1C. The first-order chi connectivity index (χ1) is 13.0. The zero-order valence-corrected chi connectivity index (χ0v) is 17.6. The van der Waals surface area contributed by atoms with Gasteiger partial charge in [0.2, 0.25) is 5.91 Å². The van der Waals surface area contributed by atoms with Crippen LogP contribution in [-0.2, 0) is 17.8 Å². The summed E-state index contributed by atoms with van der Waals surface area (Å²) in [7, 11) is 0. The van der Waals surface area contributed by atoms with Crippen LogP contribution in [0.5, 0.6) is 0 Å². The molecule has 2 aromatic heterocycles. The third-order valence-corrected chi connectivity index (χ3v) is 5.10. The summed E-state index contributed by atoms with van der Waals surface area (Å²) in [5, 5.41) is 2.96. The van der Waals surface area contributed by atoms with Crippen molar-refractivity contribution < 1.29 is 4.79 Å². The van der Waals surface area contributed by atoms with Crippen molar-refractivity contribution in [3.8, 4) is 0 Å². The first-order valence-corrected chi connectivity index (χ1v) is 10.2. The molecule has 2 heterocycles. The minimum Gasteiger partial charge on any atom is -0.324 e. The Balaban J connectivity index is 2.01. The molecule has 5 nitrogen and oxygen atoms in total. The van der Waals surface area contributed by atoms with Crippen molar-refractivity contribution in [1.29, 1.82) is 0 Å². The number of aryl methyl sites for hydroxylation is 2. The first-order valence-electron chi connectivity index (χ1n) is 9.42. The van der Waals surface area contributed by atoms with Gasteiger partial charge in [0.15, 0.2) is 5.65 Å². The molecule has 0 aliphatic rings. The number of hydrogen-bond acceptors (Lipinski definition) is 3. The van der Waals surface area contributed by atoms with Gasteiger partial charge in [-0.25, -0.2) is 9.97 Å². The summed E-state index contributed by atoms with van der Waals surface area (Å²) in [5.74, 6) is 1.05. The van der Waals surface area contributed by atoms with E-state index in [9.17, 15) is 4.79 Å². The molecule has 0 atom stereocenters. The molecule has 0 aliphatic carbocycles. The topological polar surface area (TPSA) is 59.8 Å². The van der Waals surface area contributed by atoms with Crippen LogP contribution in [0.4, 0.5) is 5.69 Å². The van der Waals surface area contributed by atoms with Gasteiger partial charge in [0.05, 0.1) is 18.4 Å². The molecule has 0 unspecified atom stereocenters. The molecule has 0 bridgehead atoms. The Morgan fingerprint density at radius 3 is 2.59 bits per heavy atom. The molecule has 3 rings (SSSR count). The maximum Gasteiger partial charge on any atom is 0.224 e. The average Bonchev–Trinajstić information content (AvgIpc) is 2.98. The molecule has 0 spiro atoms. The molecule has 1 amide bonds. The Hall–Kier alpha value is -2.21. The van der Waals surface area contributed by atoms with Crippen LogP contribution in [0.25, 0.3) is 11.2 Å². The number of halogens is 1. The highest BCUT2D eigenvalue weighted by Gasteiger charge is 2.16. The summed E-state index contributed by atoms with van der Waals surface area (Å²) >= 11 is 3.48. The number of anilines is 1. The molecule has 0 saturated heterocycles. The number of carbonyl (C=O) groups is 1. The van der Waals surface area contributed by atoms with Crippen LogP contribution in [0.3, 0.4) is 0 Å². The van der Waals surface area contributed by atoms with Crippen LogP contribution in [0.1, 0.15) is 50.1 Å². The van der Waals surface area contributed by atoms with E-state index in [1.54, 1.807) is 6.20 Å². The highest BCUT2D eigenvalue weighted by Crippen LogP contribution is 2.26. The molecule has 6 heteroatoms. The second-order valence-electron chi connectivity index (χ2n) is 6.76. The maximum atomic E-state index is 12.0. The van der Waals surface area contributed by atoms with Crippen molar-refractivity contribution in [3.05, 3.63) is 51.9 Å². The van der Waals surface area contributed by atoms with Gasteiger partial charge in [0, 0.05) is 22.9 Å². The Morgan fingerprint density at radius 1 is 1.19 bits per heavy atom. The first kappa shape index (κ1) is 19.5. The predicted molar refractivity (Wildman–Crippen MR) is 113 cm³/mol. The minimum atomic E-state index is 0.0184. The molecule has 3 aromatic rings. The molecular weight excluding hydrogens is 404 g/mol. The third-order valence-electron chi connectivity index (χ3n) is 4.57. The van der Waals surface area contributed by atoms with Crippen molar-refractivity contribution in [2.75, 3.05) is 5.32 Å². The zero-order chi connectivity index (χ0) is 19.4. The van der Waals surface area contributed by atoms with E-state index in [4.69, 9.17) is 4.98 Å². The number of fused-ring (bicyclic) bond motifs is 1. The fourth-order valence-corrected chi connectivity index (χ4v) is 3.41. The van der Waals surface area contributed by atoms with Crippen LogP contribution in [0.2, 0.25) is 0 Å². The van der Waals surface area contributed by atoms with Gasteiger partial charge in [-0.1, -0.05) is 41.9 Å². The lowest BCUT2D eigenvalue weighted by atomic mass is 10.2. The van der Waals surface area contributed by atoms with Crippen molar-refractivity contribution in [2.24, 2.45) is 0 Å². The van der Waals surface area contributed by atoms with Crippen LogP contribution < -0.4 is 5.32 Å². The van der Waals surface area contributed by atoms with E-state index in [-0.39, 0.29) is 5.91 Å². The number of carbonyl (C=O) groups excluding carboxylic acids is 1. The summed E-state index contributed by atoms with van der Waals surface area (Å²) in [6.45, 7) is 6.88. The van der Waals surface area contributed by atoms with Crippen molar-refractivity contribution in [3.63, 3.8) is 0 Å². The number of nitrogens with zero attached hydrogens (tertiary/aromatic N) is 3. The number of nitrogens with one attached hydrogen (secondary N) is 1. The lowest BCUT2D eigenvalue weighted by Crippen LogP contribution is -2.12. The van der Waals surface area contributed by atoms with Crippen molar-refractivity contribution >= 4 is 38.7 Å². The highest BCUT2D eigenvalue weighted by molar-refractivity contribution is 9.10. The van der Waals surface area contributed by atoms with Crippen LogP contribution in [0, 0.1) is 6.92 Å². The average molecular weight is 429 g/mol. The molecule has 27 heavy (non-hydrogen) atoms. The molecule has 142 valence electrons. The maximum absolute atomic E-state index is 12.0. The van der Waals surface area contributed by atoms with E-state index >= 15 is 0 Å². The van der Waals surface area contributed by atoms with Gasteiger partial charge in [-0.05, 0) is 37.5 Å². The van der Waals surface area contributed by atoms with Gasteiger partial charge in [-0.2, -0.15) is 0 Å². The summed E-state index contributed by atoms with van der Waals surface area (Å²) < 4.78 is 3.25. The van der Waals surface area contributed by atoms with Crippen molar-refractivity contribution in [1.82, 2.24) is 14.5 Å². The van der Waals surface area contributed by atoms with Gasteiger partial charge < -0.3 is 9.88 Å². The molecule has 0 saturated carbocycles. The van der Waals surface area contributed by atoms with Gasteiger partial charge in [-0.15, -0.1) is 0 Å². The molecular formula is C21H25BrN4O. The van der Waals surface area contributed by atoms with Crippen molar-refractivity contribution in [2.45, 2.75) is 53.0 Å². The fraction of sp³-hybridized carbons (Fsp3) is 0.381. The van der Waals surface area contributed by atoms with Crippen LogP contribution in [0.15, 0.2) is 34.9 Å². The lowest BCUT2D eigenvalue weighted by Gasteiger charge is -2.10. The quantitative estimate of drug-likeness (QED) is 0.559. The van der Waals surface area contributed by atoms with E-state index in [1.165, 1.54) is 5.56 Å². The van der Waals surface area contributed by atoms with Gasteiger partial charge >= 0.3 is 0 Å². The highest BCUT2D eigenvalue weighted by atomic mass is 79.9. The Labute approximate surface area is 168 Å². The minimum absolute atomic E-state index is 0.0184. The number of aromatic nitrogens is 3. The molecule has 0 aliphatic heterocycles. The summed E-state index contributed by atoms with van der Waals surface area (Å²) in [6, 6.07) is 8.32. The smallest absolute Gasteiger partial charge is 0.224 e. The Kier molecular flexibility index (Phi) is 6.26. The zero-order valence-electron chi connectivity index (χ0n) is 16.1. The van der Waals surface area contributed by atoms with Crippen LogP contribution in [-0.4, -0.2) is 20.4 Å². The summed E-state index contributed by atoms with van der Waals surface area (Å²) in [6.07, 6.45) is 4.99. The summed E-state index contributed by atoms with van der Waals surface area (Å²) in [4.78, 5) is 21.5. The number of imidazole rings is 1. The largest absolute Gasteiger partial charge is 0.324 e. The fourth-order valence-electron chi connectivity index (χ4n) is 3.14. The van der Waals surface area contributed by atoms with E-state index in [0.29, 0.717) is 6.42 Å². The third kappa shape index (κ3) is 4.38. The predicted octanol–water partition coefficient (Wildman–Crippen LogP) is 5.24. The number of rotatable bonds is 7. The second kappa shape index (κ2) is 8.65. The monoisotopic (exact) mass is 428 g/mol. The summed E-state index contributed by atoms with van der Waals surface area (Å²) in [5.41, 5.74) is 4.65. The molecule has 1 N–H and O–H groups in total. The Bertz CT molecular complexity index is 947. The number of benzene rings is 1. The van der Waals surface area contributed by atoms with E-state index in [0.717, 1.165) is 58.5 Å². The van der Waals surface area contributed by atoms with E-state index in [2.05, 4.69) is 49.9 Å². The van der Waals surface area contributed by atoms with Gasteiger partial charge in [0.1, 0.15) is 11.3 Å². The number of hydrogen-bond donors (Lipinski definition) is 1.